The van der Waals surface area contributed by atoms with Crippen molar-refractivity contribution in [3.8, 4) is 0 Å². The van der Waals surface area contributed by atoms with Crippen molar-refractivity contribution in [1.29, 1.82) is 0 Å². The molecule has 0 fully saturated rings. The fourth-order valence-electron chi connectivity index (χ4n) is 1.62. The summed E-state index contributed by atoms with van der Waals surface area (Å²) < 4.78 is 10.4. The topological polar surface area (TPSA) is 73.6 Å². The fourth-order valence-corrected chi connectivity index (χ4v) is 2.22. The van der Waals surface area contributed by atoms with Gasteiger partial charge in [0.05, 0.1) is 28.4 Å². The minimum absolute atomic E-state index is 0.196. The van der Waals surface area contributed by atoms with Crippen LogP contribution in [-0.4, -0.2) is 31.8 Å². The van der Waals surface area contributed by atoms with Crippen LogP contribution < -0.4 is 11.1 Å². The van der Waals surface area contributed by atoms with Crippen molar-refractivity contribution in [1.82, 2.24) is 0 Å². The van der Waals surface area contributed by atoms with Crippen LogP contribution in [0.25, 0.3) is 0 Å². The Morgan fingerprint density at radius 1 is 1.35 bits per heavy atom. The SMILES string of the molecule is COCC(C)OC(C)C(=O)Nc1c(Cl)cc(N)cc1Cl. The summed E-state index contributed by atoms with van der Waals surface area (Å²) in [5.41, 5.74) is 6.35. The van der Waals surface area contributed by atoms with Gasteiger partial charge >= 0.3 is 0 Å². The van der Waals surface area contributed by atoms with Crippen molar-refractivity contribution in [2.45, 2.75) is 26.1 Å². The van der Waals surface area contributed by atoms with E-state index < -0.39 is 6.10 Å². The van der Waals surface area contributed by atoms with E-state index in [0.29, 0.717) is 18.0 Å². The second kappa shape index (κ2) is 7.69. The molecule has 0 aliphatic rings. The van der Waals surface area contributed by atoms with Gasteiger partial charge in [0.1, 0.15) is 6.10 Å². The van der Waals surface area contributed by atoms with Crippen LogP contribution in [0.15, 0.2) is 12.1 Å². The van der Waals surface area contributed by atoms with E-state index in [1.54, 1.807) is 14.0 Å². The molecule has 0 aliphatic carbocycles. The number of amides is 1. The second-order valence-corrected chi connectivity index (χ2v) is 5.21. The van der Waals surface area contributed by atoms with Gasteiger partial charge in [-0.3, -0.25) is 4.79 Å². The lowest BCUT2D eigenvalue weighted by Gasteiger charge is -2.19. The molecule has 0 saturated carbocycles. The molecule has 0 aliphatic heterocycles. The highest BCUT2D eigenvalue weighted by molar-refractivity contribution is 6.40. The Bertz CT molecular complexity index is 460. The van der Waals surface area contributed by atoms with Gasteiger partial charge in [-0.2, -0.15) is 0 Å². The number of methoxy groups -OCH3 is 1. The van der Waals surface area contributed by atoms with Crippen LogP contribution in [0.3, 0.4) is 0 Å². The molecule has 0 heterocycles. The second-order valence-electron chi connectivity index (χ2n) is 4.39. The highest BCUT2D eigenvalue weighted by Crippen LogP contribution is 2.32. The predicted molar refractivity (Wildman–Crippen MR) is 81.4 cm³/mol. The first-order chi connectivity index (χ1) is 9.35. The quantitative estimate of drug-likeness (QED) is 0.790. The molecule has 2 unspecified atom stereocenters. The number of rotatable bonds is 6. The van der Waals surface area contributed by atoms with Gasteiger partial charge in [-0.15, -0.1) is 0 Å². The van der Waals surface area contributed by atoms with Gasteiger partial charge in [0.15, 0.2) is 0 Å². The normalized spacial score (nSPS) is 13.8. The molecular weight excluding hydrogens is 303 g/mol. The summed E-state index contributed by atoms with van der Waals surface area (Å²) in [6.07, 6.45) is -0.858. The number of nitrogens with one attached hydrogen (secondary N) is 1. The largest absolute Gasteiger partial charge is 0.399 e. The van der Waals surface area contributed by atoms with Gasteiger partial charge in [-0.1, -0.05) is 23.2 Å². The number of carbonyl (C=O) groups excluding carboxylic acids is 1. The Kier molecular flexibility index (Phi) is 6.55. The van der Waals surface area contributed by atoms with Gasteiger partial charge in [-0.05, 0) is 26.0 Å². The van der Waals surface area contributed by atoms with E-state index in [-0.39, 0.29) is 22.1 Å². The summed E-state index contributed by atoms with van der Waals surface area (Å²) >= 11 is 12.0. The van der Waals surface area contributed by atoms with E-state index in [1.807, 2.05) is 6.92 Å². The zero-order valence-electron chi connectivity index (χ0n) is 11.6. The highest BCUT2D eigenvalue weighted by atomic mass is 35.5. The summed E-state index contributed by atoms with van der Waals surface area (Å²) in [6.45, 7) is 3.86. The molecule has 1 aromatic rings. The summed E-state index contributed by atoms with van der Waals surface area (Å²) in [7, 11) is 1.57. The van der Waals surface area contributed by atoms with E-state index >= 15 is 0 Å². The lowest BCUT2D eigenvalue weighted by atomic mass is 10.2. The Morgan fingerprint density at radius 3 is 2.40 bits per heavy atom. The van der Waals surface area contributed by atoms with Crippen LogP contribution in [0, 0.1) is 0 Å². The first kappa shape index (κ1) is 17.0. The van der Waals surface area contributed by atoms with Crippen LogP contribution in [-0.2, 0) is 14.3 Å². The number of carbonyl (C=O) groups is 1. The molecule has 112 valence electrons. The lowest BCUT2D eigenvalue weighted by Crippen LogP contribution is -2.32. The minimum atomic E-state index is -0.662. The van der Waals surface area contributed by atoms with Gasteiger partial charge in [0.2, 0.25) is 0 Å². The van der Waals surface area contributed by atoms with Crippen molar-refractivity contribution in [2.75, 3.05) is 24.8 Å². The van der Waals surface area contributed by atoms with Crippen LogP contribution in [0.2, 0.25) is 10.0 Å². The smallest absolute Gasteiger partial charge is 0.253 e. The van der Waals surface area contributed by atoms with Crippen LogP contribution >= 0.6 is 23.2 Å². The molecule has 0 bridgehead atoms. The first-order valence-electron chi connectivity index (χ1n) is 6.05. The van der Waals surface area contributed by atoms with Gasteiger partial charge in [-0.25, -0.2) is 0 Å². The molecule has 0 spiro atoms. The summed E-state index contributed by atoms with van der Waals surface area (Å²) in [6, 6.07) is 3.03. The number of ether oxygens (including phenoxy) is 2. The molecule has 0 aromatic heterocycles. The third-order valence-electron chi connectivity index (χ3n) is 2.52. The summed E-state index contributed by atoms with van der Waals surface area (Å²) in [5, 5.41) is 3.19. The number of anilines is 2. The first-order valence-corrected chi connectivity index (χ1v) is 6.80. The molecule has 1 rings (SSSR count). The Balaban J connectivity index is 2.71. The number of nitrogens with two attached hydrogens (primary N) is 1. The fraction of sp³-hybridized carbons (Fsp3) is 0.462. The molecular formula is C13H18Cl2N2O3. The van der Waals surface area contributed by atoms with Crippen molar-refractivity contribution < 1.29 is 14.3 Å². The van der Waals surface area contributed by atoms with Gasteiger partial charge < -0.3 is 20.5 Å². The third-order valence-corrected chi connectivity index (χ3v) is 3.12. The number of nitrogen functional groups attached to an aromatic ring is 1. The number of benzene rings is 1. The third kappa shape index (κ3) is 4.83. The van der Waals surface area contributed by atoms with Crippen LogP contribution in [0.5, 0.6) is 0 Å². The minimum Gasteiger partial charge on any atom is -0.399 e. The van der Waals surface area contributed by atoms with Crippen LogP contribution in [0.4, 0.5) is 11.4 Å². The Labute approximate surface area is 128 Å². The Morgan fingerprint density at radius 2 is 1.90 bits per heavy atom. The zero-order valence-corrected chi connectivity index (χ0v) is 13.1. The van der Waals surface area contributed by atoms with E-state index in [0.717, 1.165) is 0 Å². The van der Waals surface area contributed by atoms with Crippen molar-refractivity contribution in [3.05, 3.63) is 22.2 Å². The average molecular weight is 321 g/mol. The monoisotopic (exact) mass is 320 g/mol. The molecule has 0 saturated heterocycles. The molecule has 7 heteroatoms. The molecule has 0 radical (unpaired) electrons. The van der Waals surface area contributed by atoms with Crippen molar-refractivity contribution in [2.24, 2.45) is 0 Å². The maximum atomic E-state index is 12.0. The predicted octanol–water partition coefficient (Wildman–Crippen LogP) is 2.95. The van der Waals surface area contributed by atoms with E-state index in [9.17, 15) is 4.79 Å². The maximum absolute atomic E-state index is 12.0. The van der Waals surface area contributed by atoms with Crippen molar-refractivity contribution >= 4 is 40.5 Å². The summed E-state index contributed by atoms with van der Waals surface area (Å²) in [5.74, 6) is -0.346. The maximum Gasteiger partial charge on any atom is 0.253 e. The standard InChI is InChI=1S/C13H18Cl2N2O3/c1-7(6-19-3)20-8(2)13(18)17-12-10(14)4-9(16)5-11(12)15/h4-5,7-8H,6,16H2,1-3H3,(H,17,18). The Hall–Kier alpha value is -1.01. The highest BCUT2D eigenvalue weighted by Gasteiger charge is 2.19. The van der Waals surface area contributed by atoms with Gasteiger partial charge in [0, 0.05) is 12.8 Å². The molecule has 1 aromatic carbocycles. The van der Waals surface area contributed by atoms with Crippen LogP contribution in [0.1, 0.15) is 13.8 Å². The molecule has 3 N–H and O–H groups in total. The molecule has 2 atom stereocenters. The van der Waals surface area contributed by atoms with Crippen molar-refractivity contribution in [3.63, 3.8) is 0 Å². The number of hydrogen-bond donors (Lipinski definition) is 2. The number of hydrogen-bond acceptors (Lipinski definition) is 4. The molecule has 20 heavy (non-hydrogen) atoms. The molecule has 1 amide bonds. The van der Waals surface area contributed by atoms with Gasteiger partial charge in [0.25, 0.3) is 5.91 Å². The zero-order chi connectivity index (χ0) is 15.3. The molecule has 5 nitrogen and oxygen atoms in total. The van der Waals surface area contributed by atoms with E-state index in [1.165, 1.54) is 12.1 Å². The lowest BCUT2D eigenvalue weighted by molar-refractivity contribution is -0.131. The number of halogens is 2. The van der Waals surface area contributed by atoms with E-state index in [4.69, 9.17) is 38.4 Å². The van der Waals surface area contributed by atoms with E-state index in [2.05, 4.69) is 5.32 Å². The summed E-state index contributed by atoms with van der Waals surface area (Å²) in [4.78, 5) is 12.0. The average Bonchev–Trinajstić information content (AvgIpc) is 2.33.